The highest BCUT2D eigenvalue weighted by Gasteiger charge is 2.60. The molecule has 0 aromatic carbocycles. The molecule has 30 fully saturated rings. The number of nitrogens with zero attached hydrogens (tertiary/aromatic N) is 3. The molecule has 0 aromatic rings. The van der Waals surface area contributed by atoms with Crippen molar-refractivity contribution < 1.29 is 193 Å². The Bertz CT molecular complexity index is 2280. The predicted molar refractivity (Wildman–Crippen MR) is 268 cm³/mol. The Morgan fingerprint density at radius 3 is 0.511 bits per heavy atom. The monoisotopic (exact) mass is 1320 g/mol. The summed E-state index contributed by atoms with van der Waals surface area (Å²) in [4.78, 5) is 2.69. The summed E-state index contributed by atoms with van der Waals surface area (Å²) < 4.78 is 91.5. The largest absolute Gasteiger partial charge is 0.394 e. The van der Waals surface area contributed by atoms with Crippen LogP contribution < -0.4 is 0 Å². The van der Waals surface area contributed by atoms with E-state index in [1.54, 1.807) is 0 Å². The van der Waals surface area contributed by atoms with Crippen molar-refractivity contribution in [3.05, 3.63) is 10.4 Å². The number of hydrogen-bond acceptors (Lipinski definition) is 40. The third-order valence-corrected chi connectivity index (χ3v) is 17.1. The molecule has 0 aromatic heterocycles. The van der Waals surface area contributed by atoms with Gasteiger partial charge in [-0.25, -0.2) is 0 Å². The molecule has 42 heteroatoms. The van der Waals surface area contributed by atoms with Gasteiger partial charge in [0.25, 0.3) is 0 Å². The minimum absolute atomic E-state index is 1.08. The van der Waals surface area contributed by atoms with Crippen LogP contribution in [0.15, 0.2) is 5.11 Å². The van der Waals surface area contributed by atoms with E-state index in [0.717, 1.165) is 0 Å². The van der Waals surface area contributed by atoms with Gasteiger partial charge in [-0.15, -0.1) is 0 Å². The zero-order chi connectivity index (χ0) is 65.5. The van der Waals surface area contributed by atoms with E-state index < -0.39 is 298 Å². The highest BCUT2D eigenvalue weighted by Crippen LogP contribution is 2.40. The molecule has 0 amide bonds. The molecule has 23 N–H and O–H groups in total. The van der Waals surface area contributed by atoms with Gasteiger partial charge in [0.2, 0.25) is 0 Å². The standard InChI is InChI=1S/C48H79N3O39/c49-51-50-17-18(60)41-75-9(1-52)33(17)83-42-26(68)19(61)35(11(3-54)76-42)85-44-28(70)21(63)37(13(5-56)78-44)87-46-30(72)23(65)39(15(7-58)80-46)89-48-32(74)25(67)40(16(8-59)82-48)90-47-31(73)24(66)38(14(6-57)81-47)88-45-29(71)22(64)36(12(4-55)79-45)86-43-27(69)20(62)34(84-41)10(2-53)77-43/h9-48,52-74H,1-8H2/t9-,10-,11-,12-,13-,14-,15-,16-,17+,18+,19-,20-,21-,22+,23-,24-,25+,26-,27+,28-,29+,30-,31-,32+,33-,34-,35-,36-,37-,38-,39-,40-,41-,42-,43-,44-,45-,46-,47-,48-/m1/s1. The van der Waals surface area contributed by atoms with Crippen LogP contribution in [0.25, 0.3) is 10.4 Å². The van der Waals surface area contributed by atoms with Crippen LogP contribution in [0.1, 0.15) is 0 Å². The van der Waals surface area contributed by atoms with Crippen LogP contribution in [0.5, 0.6) is 0 Å². The second-order valence-electron chi connectivity index (χ2n) is 22.7. The zero-order valence-electron chi connectivity index (χ0n) is 46.9. The summed E-state index contributed by atoms with van der Waals surface area (Å²) in [6, 6.07) is -1.93. The first kappa shape index (κ1) is 72.0. The highest BCUT2D eigenvalue weighted by atomic mass is 16.8. The van der Waals surface area contributed by atoms with Gasteiger partial charge in [-0.1, -0.05) is 5.11 Å². The molecule has 30 saturated heterocycles. The lowest BCUT2D eigenvalue weighted by atomic mass is 9.94. The molecular weight excluding hydrogens is 1240 g/mol. The second-order valence-corrected chi connectivity index (χ2v) is 22.7. The molecule has 0 unspecified atom stereocenters. The lowest BCUT2D eigenvalue weighted by Crippen LogP contribution is -2.69. The van der Waals surface area contributed by atoms with Gasteiger partial charge in [0, 0.05) is 4.91 Å². The smallest absolute Gasteiger partial charge is 0.187 e. The predicted octanol–water partition coefficient (Wildman–Crippen LogP) is -16.1. The van der Waals surface area contributed by atoms with E-state index >= 15 is 0 Å². The Morgan fingerprint density at radius 2 is 0.356 bits per heavy atom. The maximum atomic E-state index is 11.6. The third kappa shape index (κ3) is 14.1. The second kappa shape index (κ2) is 30.9. The van der Waals surface area contributed by atoms with Crippen LogP contribution in [0.2, 0.25) is 0 Å². The number of hydrogen-bond donors (Lipinski definition) is 23. The van der Waals surface area contributed by atoms with E-state index in [2.05, 4.69) is 10.0 Å². The van der Waals surface area contributed by atoms with Gasteiger partial charge in [-0.05, 0) is 5.53 Å². The first-order valence-corrected chi connectivity index (χ1v) is 28.5. The number of aliphatic hydroxyl groups excluding tert-OH is 23. The quantitative estimate of drug-likeness (QED) is 0.0579. The van der Waals surface area contributed by atoms with E-state index in [1.807, 2.05) is 0 Å². The molecule has 16 bridgehead atoms. The van der Waals surface area contributed by atoms with Crippen LogP contribution in [0.4, 0.5) is 0 Å². The fraction of sp³-hybridized carbons (Fsp3) is 1.00. The molecule has 0 radical (unpaired) electrons. The molecule has 0 saturated carbocycles. The van der Waals surface area contributed by atoms with Crippen molar-refractivity contribution in [3.8, 4) is 0 Å². The van der Waals surface area contributed by atoms with Crippen molar-refractivity contribution in [1.29, 1.82) is 0 Å². The number of rotatable bonds is 9. The van der Waals surface area contributed by atoms with Crippen molar-refractivity contribution in [2.75, 3.05) is 52.9 Å². The summed E-state index contributed by atoms with van der Waals surface area (Å²) in [6.07, 6.45) is -80.1. The minimum atomic E-state index is -2.27. The fourth-order valence-corrected chi connectivity index (χ4v) is 12.1. The highest BCUT2D eigenvalue weighted by molar-refractivity contribution is 5.03. The van der Waals surface area contributed by atoms with Gasteiger partial charge in [0.05, 0.1) is 58.9 Å². The van der Waals surface area contributed by atoms with Crippen molar-refractivity contribution in [1.82, 2.24) is 0 Å². The Hall–Kier alpha value is -2.25. The first-order chi connectivity index (χ1) is 42.9. The summed E-state index contributed by atoms with van der Waals surface area (Å²) in [5.74, 6) is 0. The van der Waals surface area contributed by atoms with Crippen molar-refractivity contribution >= 4 is 0 Å². The van der Waals surface area contributed by atoms with Crippen LogP contribution in [-0.2, 0) is 75.8 Å². The Labute approximate surface area is 506 Å². The van der Waals surface area contributed by atoms with Crippen molar-refractivity contribution in [2.45, 2.75) is 246 Å². The third-order valence-electron chi connectivity index (χ3n) is 17.1. The fourth-order valence-electron chi connectivity index (χ4n) is 12.1. The van der Waals surface area contributed by atoms with Crippen molar-refractivity contribution in [3.63, 3.8) is 0 Å². The van der Waals surface area contributed by atoms with Gasteiger partial charge in [0.1, 0.15) is 189 Å². The summed E-state index contributed by atoms with van der Waals surface area (Å²) in [5, 5.41) is 258. The van der Waals surface area contributed by atoms with E-state index in [0.29, 0.717) is 0 Å². The molecule has 0 aliphatic carbocycles. The van der Waals surface area contributed by atoms with Gasteiger partial charge < -0.3 is 193 Å². The zero-order valence-corrected chi connectivity index (χ0v) is 46.9. The van der Waals surface area contributed by atoms with Gasteiger partial charge in [0.15, 0.2) is 50.3 Å². The molecule has 30 aliphatic heterocycles. The lowest BCUT2D eigenvalue weighted by molar-refractivity contribution is -0.401. The normalized spacial score (nSPS) is 54.3. The first-order valence-electron chi connectivity index (χ1n) is 28.5. The summed E-state index contributed by atoms with van der Waals surface area (Å²) in [6.45, 7) is -8.72. The summed E-state index contributed by atoms with van der Waals surface area (Å²) >= 11 is 0. The Kier molecular flexibility index (Phi) is 24.7. The Balaban J connectivity index is 0.990. The Morgan fingerprint density at radius 1 is 0.211 bits per heavy atom. The molecule has 30 heterocycles. The number of ether oxygens (including phenoxy) is 16. The average molecular weight is 1320 g/mol. The molecule has 90 heavy (non-hydrogen) atoms. The summed E-state index contributed by atoms with van der Waals surface area (Å²) in [7, 11) is 0. The molecule has 30 aliphatic rings. The summed E-state index contributed by atoms with van der Waals surface area (Å²) in [5.41, 5.74) is 9.63. The van der Waals surface area contributed by atoms with Crippen LogP contribution in [0.3, 0.4) is 0 Å². The minimum Gasteiger partial charge on any atom is -0.394 e. The molecule has 520 valence electrons. The lowest BCUT2D eigenvalue weighted by Gasteiger charge is -2.50. The topological polar surface area (TPSA) is 662 Å². The SMILES string of the molecule is [N-]=[N+]=N[C@H]1[C@H](O)[C@H]2O[C@H]3[C@H](O)[C@H](O)[C@@H](O[C@H]4[C@@H](O)[C@H](O)[C@@H](O[C@H]5[C@H](O)[C@@H](O)[C@@H](O[C@H]6[C@@H](O)[C@H](O)[C@@H](O[C@H]7[C@H](O)[C@@H](O)[C@@H](O[C@H]8[C@H](O)[C@@H](O)[C@@H](O[C@H]9[C@H](O)[C@@H](O)[C@@H](O[C@@H]1[C@@H](CO)O2)O[C@@H]9CO)O[C@@H]8CO)O[C@@H]7CO)O[C@@H]6CO)O[C@@H]5CO)O[C@@H]4CO)O[C@@H]3CO. The van der Waals surface area contributed by atoms with E-state index in [4.69, 9.17) is 75.8 Å². The van der Waals surface area contributed by atoms with Gasteiger partial charge in [-0.3, -0.25) is 0 Å². The molecule has 30 rings (SSSR count). The van der Waals surface area contributed by atoms with Crippen LogP contribution >= 0.6 is 0 Å². The maximum Gasteiger partial charge on any atom is 0.187 e. The van der Waals surface area contributed by atoms with Crippen LogP contribution in [0, 0.1) is 0 Å². The maximum absolute atomic E-state index is 11.6. The molecule has 0 spiro atoms. The van der Waals surface area contributed by atoms with E-state index in [-0.39, 0.29) is 0 Å². The van der Waals surface area contributed by atoms with E-state index in [9.17, 15) is 123 Å². The molecule has 42 nitrogen and oxygen atoms in total. The molecule has 40 atom stereocenters. The van der Waals surface area contributed by atoms with E-state index in [1.165, 1.54) is 0 Å². The van der Waals surface area contributed by atoms with Crippen molar-refractivity contribution in [2.24, 2.45) is 5.11 Å². The number of azide groups is 1. The number of aliphatic hydroxyl groups is 23. The average Bonchev–Trinajstić information content (AvgIpc) is 0.791. The van der Waals surface area contributed by atoms with Crippen LogP contribution in [-0.4, -0.2) is 416 Å². The molecular formula is C48H79N3O39. The van der Waals surface area contributed by atoms with Gasteiger partial charge in [-0.2, -0.15) is 0 Å². The van der Waals surface area contributed by atoms with Gasteiger partial charge >= 0.3 is 0 Å².